The van der Waals surface area contributed by atoms with Gasteiger partial charge < -0.3 is 24.1 Å². The predicted octanol–water partition coefficient (Wildman–Crippen LogP) is 0.185. The summed E-state index contributed by atoms with van der Waals surface area (Å²) >= 11 is 4.76. The highest BCUT2D eigenvalue weighted by Crippen LogP contribution is 2.05. The van der Waals surface area contributed by atoms with Crippen LogP contribution in [0.4, 0.5) is 0 Å². The lowest BCUT2D eigenvalue weighted by molar-refractivity contribution is -0.183. The van der Waals surface area contributed by atoms with Crippen LogP contribution in [0.2, 0.25) is 0 Å². The average molecular weight is 393 g/mol. The van der Waals surface area contributed by atoms with E-state index in [-0.39, 0.29) is 0 Å². The molecule has 0 saturated heterocycles. The van der Waals surface area contributed by atoms with Gasteiger partial charge in [0.05, 0.1) is 18.9 Å². The minimum Gasteiger partial charge on any atom is -0.481 e. The molecule has 0 fully saturated rings. The molecule has 0 amide bonds. The Morgan fingerprint density at radius 1 is 0.885 bits per heavy atom. The zero-order chi connectivity index (χ0) is 20.7. The summed E-state index contributed by atoms with van der Waals surface area (Å²) in [5, 5.41) is 8.59. The predicted molar refractivity (Wildman–Crippen MR) is 81.9 cm³/mol. The van der Waals surface area contributed by atoms with Crippen molar-refractivity contribution in [1.29, 1.82) is 0 Å². The normalized spacial score (nSPS) is 9.73. The van der Waals surface area contributed by atoms with Crippen LogP contribution >= 0.6 is 11.6 Å². The van der Waals surface area contributed by atoms with E-state index in [0.717, 1.165) is 0 Å². The van der Waals surface area contributed by atoms with Crippen molar-refractivity contribution in [3.05, 3.63) is 37.8 Å². The first-order valence-corrected chi connectivity index (χ1v) is 6.61. The molecule has 1 unspecified atom stereocenters. The minimum atomic E-state index is -2.18. The molecule has 12 heteroatoms. The number of esters is 5. The topological polar surface area (TPSA) is 160 Å². The van der Waals surface area contributed by atoms with E-state index in [2.05, 4.69) is 38.7 Å². The van der Waals surface area contributed by atoms with Crippen LogP contribution in [-0.2, 0) is 47.7 Å². The second-order valence-corrected chi connectivity index (χ2v) is 3.81. The van der Waals surface area contributed by atoms with E-state index < -0.39 is 48.3 Å². The van der Waals surface area contributed by atoms with E-state index in [9.17, 15) is 28.8 Å². The standard InChI is InChI=1S/C12H10O11.C2H3Cl/c1-3-20-9(16)11(18)22-6(5-7(13)14)8(15)23-12(19)10(17)21-4-2;1-2-3/h3-4,6H,1-2,5H2,(H,13,14);2H,1H2. The Morgan fingerprint density at radius 2 is 1.31 bits per heavy atom. The first kappa shape index (κ1) is 24.8. The Morgan fingerprint density at radius 3 is 1.69 bits per heavy atom. The highest BCUT2D eigenvalue weighted by Gasteiger charge is 2.33. The highest BCUT2D eigenvalue weighted by atomic mass is 35.5. The van der Waals surface area contributed by atoms with Crippen LogP contribution in [0.15, 0.2) is 37.8 Å². The summed E-state index contributed by atoms with van der Waals surface area (Å²) < 4.78 is 16.2. The third-order valence-corrected chi connectivity index (χ3v) is 1.78. The van der Waals surface area contributed by atoms with Crippen LogP contribution in [0, 0.1) is 0 Å². The molecule has 26 heavy (non-hydrogen) atoms. The number of carboxylic acids is 1. The molecule has 0 aromatic heterocycles. The van der Waals surface area contributed by atoms with Gasteiger partial charge in [-0.15, -0.1) is 0 Å². The number of ether oxygens (including phenoxy) is 4. The number of aliphatic carboxylic acids is 1. The van der Waals surface area contributed by atoms with Gasteiger partial charge >= 0.3 is 35.8 Å². The molecule has 1 N–H and O–H groups in total. The van der Waals surface area contributed by atoms with Crippen molar-refractivity contribution in [2.75, 3.05) is 0 Å². The summed E-state index contributed by atoms with van der Waals surface area (Å²) in [5.41, 5.74) is 1.22. The number of carbonyl (C=O) groups excluding carboxylic acids is 5. The van der Waals surface area contributed by atoms with Crippen molar-refractivity contribution in [2.45, 2.75) is 12.5 Å². The zero-order valence-corrected chi connectivity index (χ0v) is 13.8. The fourth-order valence-electron chi connectivity index (χ4n) is 0.955. The Hall–Kier alpha value is -3.47. The summed E-state index contributed by atoms with van der Waals surface area (Å²) in [6, 6.07) is 0. The maximum atomic E-state index is 11.5. The minimum absolute atomic E-state index is 0.577. The van der Waals surface area contributed by atoms with E-state index in [1.54, 1.807) is 0 Å². The fraction of sp³-hybridized carbons (Fsp3) is 0.143. The van der Waals surface area contributed by atoms with Crippen molar-refractivity contribution in [2.24, 2.45) is 0 Å². The molecule has 0 radical (unpaired) electrons. The second kappa shape index (κ2) is 13.9. The summed E-state index contributed by atoms with van der Waals surface area (Å²) in [6.45, 7) is 9.08. The summed E-state index contributed by atoms with van der Waals surface area (Å²) in [4.78, 5) is 66.3. The maximum absolute atomic E-state index is 11.5. The van der Waals surface area contributed by atoms with Gasteiger partial charge in [0.2, 0.25) is 6.10 Å². The molecule has 0 heterocycles. The Labute approximate surface area is 151 Å². The third kappa shape index (κ3) is 11.1. The van der Waals surface area contributed by atoms with Crippen molar-refractivity contribution < 1.29 is 52.8 Å². The van der Waals surface area contributed by atoms with Crippen LogP contribution in [-0.4, -0.2) is 47.0 Å². The van der Waals surface area contributed by atoms with Gasteiger partial charge in [0.15, 0.2) is 0 Å². The van der Waals surface area contributed by atoms with Gasteiger partial charge in [-0.05, 0) is 5.54 Å². The van der Waals surface area contributed by atoms with Gasteiger partial charge in [0, 0.05) is 0 Å². The first-order valence-electron chi connectivity index (χ1n) is 6.17. The molecule has 0 aliphatic rings. The highest BCUT2D eigenvalue weighted by molar-refractivity contribution is 6.32. The smallest absolute Gasteiger partial charge is 0.425 e. The van der Waals surface area contributed by atoms with Gasteiger partial charge in [0.1, 0.15) is 0 Å². The average Bonchev–Trinajstić information content (AvgIpc) is 2.54. The van der Waals surface area contributed by atoms with Crippen LogP contribution < -0.4 is 0 Å². The van der Waals surface area contributed by atoms with Gasteiger partial charge in [0.25, 0.3) is 0 Å². The van der Waals surface area contributed by atoms with Crippen LogP contribution in [0.25, 0.3) is 0 Å². The molecule has 0 spiro atoms. The number of carboxylic acid groups (broad SMARTS) is 1. The molecule has 0 saturated carbocycles. The van der Waals surface area contributed by atoms with Gasteiger partial charge in [-0.1, -0.05) is 31.3 Å². The molecule has 1 atom stereocenters. The van der Waals surface area contributed by atoms with E-state index in [0.29, 0.717) is 12.5 Å². The number of rotatable bonds is 6. The van der Waals surface area contributed by atoms with Crippen LogP contribution in [0.3, 0.4) is 0 Å². The Bertz CT molecular complexity index is 608. The summed E-state index contributed by atoms with van der Waals surface area (Å²) in [6.07, 6.45) is -2.16. The molecule has 0 aliphatic heterocycles. The fourth-order valence-corrected chi connectivity index (χ4v) is 0.955. The largest absolute Gasteiger partial charge is 0.481 e. The molecule has 142 valence electrons. The molecule has 0 rings (SSSR count). The number of halogens is 1. The zero-order valence-electron chi connectivity index (χ0n) is 13.0. The van der Waals surface area contributed by atoms with Crippen LogP contribution in [0.5, 0.6) is 0 Å². The van der Waals surface area contributed by atoms with Crippen molar-refractivity contribution in [3.63, 3.8) is 0 Å². The molecular weight excluding hydrogens is 380 g/mol. The lowest BCUT2D eigenvalue weighted by atomic mass is 10.2. The lowest BCUT2D eigenvalue weighted by Crippen LogP contribution is -2.36. The van der Waals surface area contributed by atoms with E-state index in [1.165, 1.54) is 5.54 Å². The van der Waals surface area contributed by atoms with E-state index in [4.69, 9.17) is 16.7 Å². The quantitative estimate of drug-likeness (QED) is 0.216. The summed E-state index contributed by atoms with van der Waals surface area (Å²) in [5.74, 6) is -10.1. The first-order chi connectivity index (χ1) is 12.1. The summed E-state index contributed by atoms with van der Waals surface area (Å²) in [7, 11) is 0. The van der Waals surface area contributed by atoms with E-state index in [1.807, 2.05) is 0 Å². The molecule has 0 bridgehead atoms. The van der Waals surface area contributed by atoms with E-state index >= 15 is 0 Å². The maximum Gasteiger partial charge on any atom is 0.425 e. The number of hydrogen-bond acceptors (Lipinski definition) is 10. The Kier molecular flexibility index (Phi) is 13.3. The van der Waals surface area contributed by atoms with Crippen molar-refractivity contribution >= 4 is 47.4 Å². The Balaban J connectivity index is 0. The number of hydrogen-bond donors (Lipinski definition) is 1. The number of carbonyl (C=O) groups is 6. The van der Waals surface area contributed by atoms with Crippen molar-refractivity contribution in [3.8, 4) is 0 Å². The van der Waals surface area contributed by atoms with Crippen LogP contribution in [0.1, 0.15) is 6.42 Å². The van der Waals surface area contributed by atoms with Gasteiger partial charge in [-0.3, -0.25) is 4.79 Å². The molecule has 11 nitrogen and oxygen atoms in total. The van der Waals surface area contributed by atoms with Crippen molar-refractivity contribution in [1.82, 2.24) is 0 Å². The monoisotopic (exact) mass is 392 g/mol. The molecule has 0 aliphatic carbocycles. The SMILES string of the molecule is C=CCl.C=COC(=O)C(=O)OC(=O)C(CC(=O)O)OC(=O)C(=O)OC=C. The van der Waals surface area contributed by atoms with Gasteiger partial charge in [-0.25, -0.2) is 24.0 Å². The molecular formula is C14H13ClO11. The second-order valence-electron chi connectivity index (χ2n) is 3.50. The van der Waals surface area contributed by atoms with Gasteiger partial charge in [-0.2, -0.15) is 0 Å². The lowest BCUT2D eigenvalue weighted by Gasteiger charge is -2.13. The molecule has 0 aromatic rings. The third-order valence-electron chi connectivity index (χ3n) is 1.78. The molecule has 0 aromatic carbocycles.